The topological polar surface area (TPSA) is 40.5 Å². The van der Waals surface area contributed by atoms with Crippen molar-refractivity contribution < 1.29 is 10.2 Å². The van der Waals surface area contributed by atoms with Crippen molar-refractivity contribution in [3.8, 4) is 5.75 Å². The molecule has 3 heteroatoms. The molecule has 2 aromatic carbocycles. The van der Waals surface area contributed by atoms with Crippen LogP contribution in [-0.4, -0.2) is 10.2 Å². The molecule has 0 fully saturated rings. The summed E-state index contributed by atoms with van der Waals surface area (Å²) in [7, 11) is 0. The summed E-state index contributed by atoms with van der Waals surface area (Å²) >= 11 is 5.87. The molecule has 0 aliphatic heterocycles. The van der Waals surface area contributed by atoms with Crippen LogP contribution in [0.5, 0.6) is 5.75 Å². The van der Waals surface area contributed by atoms with Crippen molar-refractivity contribution in [2.24, 2.45) is 0 Å². The maximum Gasteiger partial charge on any atom is 0.122 e. The molecular formula is C12H11ClO2. The number of halogens is 1. The second-order valence-corrected chi connectivity index (χ2v) is 3.98. The molecule has 1 unspecified atom stereocenters. The molecule has 2 aromatic rings. The van der Waals surface area contributed by atoms with E-state index >= 15 is 0 Å². The van der Waals surface area contributed by atoms with Crippen molar-refractivity contribution in [3.05, 3.63) is 40.9 Å². The van der Waals surface area contributed by atoms with E-state index in [1.165, 1.54) is 0 Å². The lowest BCUT2D eigenvalue weighted by Crippen LogP contribution is -1.93. The van der Waals surface area contributed by atoms with Crippen molar-refractivity contribution >= 4 is 22.4 Å². The van der Waals surface area contributed by atoms with E-state index in [-0.39, 0.29) is 5.75 Å². The Balaban J connectivity index is 2.82. The number of hydrogen-bond donors (Lipinski definition) is 2. The SMILES string of the molecule is CC(O)c1c(O)ccc2cc(Cl)ccc12. The summed E-state index contributed by atoms with van der Waals surface area (Å²) in [6, 6.07) is 8.71. The fourth-order valence-electron chi connectivity index (χ4n) is 1.75. The molecule has 0 spiro atoms. The zero-order chi connectivity index (χ0) is 11.0. The Morgan fingerprint density at radius 1 is 1.20 bits per heavy atom. The van der Waals surface area contributed by atoms with Crippen molar-refractivity contribution in [3.63, 3.8) is 0 Å². The number of rotatable bonds is 1. The number of fused-ring (bicyclic) bond motifs is 1. The highest BCUT2D eigenvalue weighted by atomic mass is 35.5. The van der Waals surface area contributed by atoms with Crippen LogP contribution in [0.1, 0.15) is 18.6 Å². The van der Waals surface area contributed by atoms with Gasteiger partial charge in [-0.2, -0.15) is 0 Å². The molecule has 0 aliphatic rings. The van der Waals surface area contributed by atoms with Gasteiger partial charge in [-0.15, -0.1) is 0 Å². The van der Waals surface area contributed by atoms with E-state index < -0.39 is 6.10 Å². The second kappa shape index (κ2) is 3.72. The molecule has 15 heavy (non-hydrogen) atoms. The smallest absolute Gasteiger partial charge is 0.122 e. The fourth-order valence-corrected chi connectivity index (χ4v) is 1.93. The molecule has 0 aromatic heterocycles. The van der Waals surface area contributed by atoms with Crippen molar-refractivity contribution in [2.45, 2.75) is 13.0 Å². The second-order valence-electron chi connectivity index (χ2n) is 3.54. The summed E-state index contributed by atoms with van der Waals surface area (Å²) in [5.41, 5.74) is 0.546. The molecule has 0 amide bonds. The van der Waals surface area contributed by atoms with E-state index in [9.17, 15) is 10.2 Å². The fraction of sp³-hybridized carbons (Fsp3) is 0.167. The minimum absolute atomic E-state index is 0.111. The zero-order valence-electron chi connectivity index (χ0n) is 8.24. The summed E-state index contributed by atoms with van der Waals surface area (Å²) in [4.78, 5) is 0. The quantitative estimate of drug-likeness (QED) is 0.778. The standard InChI is InChI=1S/C12H11ClO2/c1-7(14)12-10-4-3-9(13)6-8(10)2-5-11(12)15/h2-7,14-15H,1H3. The summed E-state index contributed by atoms with van der Waals surface area (Å²) in [5.74, 6) is 0.111. The normalized spacial score (nSPS) is 13.0. The molecule has 1 atom stereocenters. The number of aliphatic hydroxyl groups excluding tert-OH is 1. The number of phenolic OH excluding ortho intramolecular Hbond substituents is 1. The largest absolute Gasteiger partial charge is 0.508 e. The van der Waals surface area contributed by atoms with Crippen LogP contribution in [0.4, 0.5) is 0 Å². The maximum absolute atomic E-state index is 9.66. The molecule has 78 valence electrons. The lowest BCUT2D eigenvalue weighted by Gasteiger charge is -2.11. The van der Waals surface area contributed by atoms with Crippen molar-refractivity contribution in [1.29, 1.82) is 0 Å². The van der Waals surface area contributed by atoms with Crippen LogP contribution in [0.15, 0.2) is 30.3 Å². The van der Waals surface area contributed by atoms with Crippen LogP contribution in [0.25, 0.3) is 10.8 Å². The van der Waals surface area contributed by atoms with Crippen LogP contribution < -0.4 is 0 Å². The minimum atomic E-state index is -0.699. The first-order valence-electron chi connectivity index (χ1n) is 4.69. The average Bonchev–Trinajstić information content (AvgIpc) is 2.17. The first kappa shape index (κ1) is 10.3. The molecule has 0 radical (unpaired) electrons. The molecular weight excluding hydrogens is 212 g/mol. The number of aliphatic hydroxyl groups is 1. The third kappa shape index (κ3) is 1.78. The monoisotopic (exact) mass is 222 g/mol. The minimum Gasteiger partial charge on any atom is -0.508 e. The van der Waals surface area contributed by atoms with Gasteiger partial charge in [0.1, 0.15) is 5.75 Å². The Labute approximate surface area is 92.7 Å². The van der Waals surface area contributed by atoms with Gasteiger partial charge in [0, 0.05) is 10.6 Å². The van der Waals surface area contributed by atoms with Gasteiger partial charge >= 0.3 is 0 Å². The van der Waals surface area contributed by atoms with Crippen LogP contribution in [0, 0.1) is 0 Å². The molecule has 2 N–H and O–H groups in total. The number of aromatic hydroxyl groups is 1. The van der Waals surface area contributed by atoms with E-state index in [0.29, 0.717) is 10.6 Å². The third-order valence-corrected chi connectivity index (χ3v) is 2.65. The van der Waals surface area contributed by atoms with Gasteiger partial charge in [-0.25, -0.2) is 0 Å². The van der Waals surface area contributed by atoms with Crippen LogP contribution in [-0.2, 0) is 0 Å². The van der Waals surface area contributed by atoms with Gasteiger partial charge in [0.25, 0.3) is 0 Å². The zero-order valence-corrected chi connectivity index (χ0v) is 8.99. The number of hydrogen-bond acceptors (Lipinski definition) is 2. The Hall–Kier alpha value is -1.25. The van der Waals surface area contributed by atoms with Crippen molar-refractivity contribution in [1.82, 2.24) is 0 Å². The van der Waals surface area contributed by atoms with E-state index in [2.05, 4.69) is 0 Å². The summed E-state index contributed by atoms with van der Waals surface area (Å²) < 4.78 is 0. The van der Waals surface area contributed by atoms with Crippen LogP contribution in [0.2, 0.25) is 5.02 Å². The van der Waals surface area contributed by atoms with Crippen molar-refractivity contribution in [2.75, 3.05) is 0 Å². The average molecular weight is 223 g/mol. The molecule has 0 saturated carbocycles. The Kier molecular flexibility index (Phi) is 2.55. The van der Waals surface area contributed by atoms with Gasteiger partial charge in [-0.3, -0.25) is 0 Å². The maximum atomic E-state index is 9.66. The summed E-state index contributed by atoms with van der Waals surface area (Å²) in [5, 5.41) is 21.6. The lowest BCUT2D eigenvalue weighted by molar-refractivity contribution is 0.196. The molecule has 2 rings (SSSR count). The van der Waals surface area contributed by atoms with E-state index in [4.69, 9.17) is 11.6 Å². The van der Waals surface area contributed by atoms with E-state index in [0.717, 1.165) is 10.8 Å². The summed E-state index contributed by atoms with van der Waals surface area (Å²) in [6.07, 6.45) is -0.699. The highest BCUT2D eigenvalue weighted by Gasteiger charge is 2.11. The molecule has 0 heterocycles. The predicted molar refractivity (Wildman–Crippen MR) is 61.3 cm³/mol. The number of benzene rings is 2. The summed E-state index contributed by atoms with van der Waals surface area (Å²) in [6.45, 7) is 1.63. The highest BCUT2D eigenvalue weighted by Crippen LogP contribution is 2.33. The predicted octanol–water partition coefficient (Wildman–Crippen LogP) is 3.25. The van der Waals surface area contributed by atoms with Gasteiger partial charge in [0.2, 0.25) is 0 Å². The van der Waals surface area contributed by atoms with Crippen LogP contribution >= 0.6 is 11.6 Å². The van der Waals surface area contributed by atoms with Gasteiger partial charge in [0.15, 0.2) is 0 Å². The lowest BCUT2D eigenvalue weighted by atomic mass is 10.00. The van der Waals surface area contributed by atoms with E-state index in [1.807, 2.05) is 6.07 Å². The van der Waals surface area contributed by atoms with Gasteiger partial charge < -0.3 is 10.2 Å². The third-order valence-electron chi connectivity index (χ3n) is 2.42. The molecule has 2 nitrogen and oxygen atoms in total. The Bertz CT molecular complexity index is 506. The van der Waals surface area contributed by atoms with Gasteiger partial charge in [-0.1, -0.05) is 23.7 Å². The van der Waals surface area contributed by atoms with E-state index in [1.54, 1.807) is 31.2 Å². The Morgan fingerprint density at radius 3 is 2.60 bits per heavy atom. The van der Waals surface area contributed by atoms with Gasteiger partial charge in [-0.05, 0) is 35.9 Å². The first-order valence-corrected chi connectivity index (χ1v) is 5.06. The molecule has 0 saturated heterocycles. The first-order chi connectivity index (χ1) is 7.09. The molecule has 0 aliphatic carbocycles. The highest BCUT2D eigenvalue weighted by molar-refractivity contribution is 6.31. The van der Waals surface area contributed by atoms with Crippen LogP contribution in [0.3, 0.4) is 0 Å². The molecule has 0 bridgehead atoms. The number of phenols is 1. The Morgan fingerprint density at radius 2 is 1.93 bits per heavy atom. The van der Waals surface area contributed by atoms with Gasteiger partial charge in [0.05, 0.1) is 6.10 Å².